The number of rotatable bonds is 8. The molecule has 6 heteroatoms. The van der Waals surface area contributed by atoms with Crippen LogP contribution in [0, 0.1) is 13.8 Å². The van der Waals surface area contributed by atoms with Gasteiger partial charge in [0, 0.05) is 6.54 Å². The van der Waals surface area contributed by atoms with Gasteiger partial charge in [-0.15, -0.1) is 0 Å². The third-order valence-electron chi connectivity index (χ3n) is 3.90. The Kier molecular flexibility index (Phi) is 7.06. The van der Waals surface area contributed by atoms with E-state index in [0.717, 1.165) is 30.2 Å². The molecule has 0 saturated carbocycles. The topological polar surface area (TPSA) is 66.5 Å². The zero-order valence-corrected chi connectivity index (χ0v) is 15.5. The summed E-state index contributed by atoms with van der Waals surface area (Å²) in [6, 6.07) is 4.72. The van der Waals surface area contributed by atoms with Gasteiger partial charge in [0.15, 0.2) is 0 Å². The standard InChI is InChI=1S/C17H28N2O3S/c1-6-8-11-18-17(20)16(7-2)19(23(5,21)22)15-10-9-13(3)14(4)12-15/h9-10,12,16H,6-8,11H2,1-5H3,(H,18,20)/t16-/m1/s1. The van der Waals surface area contributed by atoms with E-state index >= 15 is 0 Å². The van der Waals surface area contributed by atoms with Crippen LogP contribution >= 0.6 is 0 Å². The minimum Gasteiger partial charge on any atom is -0.354 e. The third-order valence-corrected chi connectivity index (χ3v) is 5.08. The summed E-state index contributed by atoms with van der Waals surface area (Å²) in [4.78, 5) is 12.4. The second kappa shape index (κ2) is 8.34. The lowest BCUT2D eigenvalue weighted by Gasteiger charge is -2.30. The highest BCUT2D eigenvalue weighted by molar-refractivity contribution is 7.92. The van der Waals surface area contributed by atoms with Crippen LogP contribution < -0.4 is 9.62 Å². The summed E-state index contributed by atoms with van der Waals surface area (Å²) in [5, 5.41) is 2.84. The minimum atomic E-state index is -3.56. The minimum absolute atomic E-state index is 0.246. The van der Waals surface area contributed by atoms with Crippen LogP contribution in [0.5, 0.6) is 0 Å². The van der Waals surface area contributed by atoms with Gasteiger partial charge in [0.1, 0.15) is 6.04 Å². The Hall–Kier alpha value is -1.56. The van der Waals surface area contributed by atoms with Crippen LogP contribution in [0.15, 0.2) is 18.2 Å². The molecular formula is C17H28N2O3S. The lowest BCUT2D eigenvalue weighted by Crippen LogP contribution is -2.49. The number of carbonyl (C=O) groups is 1. The van der Waals surface area contributed by atoms with E-state index in [9.17, 15) is 13.2 Å². The molecule has 0 spiro atoms. The molecule has 0 radical (unpaired) electrons. The highest BCUT2D eigenvalue weighted by atomic mass is 32.2. The molecule has 130 valence electrons. The van der Waals surface area contributed by atoms with Gasteiger partial charge in [-0.05, 0) is 49.9 Å². The van der Waals surface area contributed by atoms with E-state index in [4.69, 9.17) is 0 Å². The van der Waals surface area contributed by atoms with Crippen LogP contribution in [0.1, 0.15) is 44.2 Å². The highest BCUT2D eigenvalue weighted by Gasteiger charge is 2.31. The molecule has 0 aliphatic heterocycles. The van der Waals surface area contributed by atoms with Gasteiger partial charge in [-0.3, -0.25) is 9.10 Å². The fraction of sp³-hybridized carbons (Fsp3) is 0.588. The first-order valence-electron chi connectivity index (χ1n) is 8.06. The molecule has 1 N–H and O–H groups in total. The van der Waals surface area contributed by atoms with Crippen molar-refractivity contribution in [3.63, 3.8) is 0 Å². The summed E-state index contributed by atoms with van der Waals surface area (Å²) in [6.07, 6.45) is 3.41. The molecule has 0 heterocycles. The zero-order valence-electron chi connectivity index (χ0n) is 14.7. The lowest BCUT2D eigenvalue weighted by atomic mass is 10.1. The fourth-order valence-electron chi connectivity index (χ4n) is 2.43. The third kappa shape index (κ3) is 5.23. The maximum absolute atomic E-state index is 12.4. The molecule has 1 rings (SSSR count). The van der Waals surface area contributed by atoms with Crippen molar-refractivity contribution in [2.75, 3.05) is 17.1 Å². The highest BCUT2D eigenvalue weighted by Crippen LogP contribution is 2.25. The first kappa shape index (κ1) is 19.5. The molecule has 0 unspecified atom stereocenters. The smallest absolute Gasteiger partial charge is 0.243 e. The lowest BCUT2D eigenvalue weighted by molar-refractivity contribution is -0.122. The number of aryl methyl sites for hydroxylation is 2. The maximum Gasteiger partial charge on any atom is 0.243 e. The van der Waals surface area contributed by atoms with E-state index in [2.05, 4.69) is 5.32 Å². The second-order valence-electron chi connectivity index (χ2n) is 5.90. The molecule has 1 aromatic carbocycles. The number of carbonyl (C=O) groups excluding carboxylic acids is 1. The average Bonchev–Trinajstić information content (AvgIpc) is 2.46. The first-order valence-corrected chi connectivity index (χ1v) is 9.91. The molecule has 23 heavy (non-hydrogen) atoms. The van der Waals surface area contributed by atoms with Gasteiger partial charge in [-0.25, -0.2) is 8.42 Å². The second-order valence-corrected chi connectivity index (χ2v) is 7.76. The summed E-state index contributed by atoms with van der Waals surface area (Å²) in [6.45, 7) is 8.33. The van der Waals surface area contributed by atoms with Gasteiger partial charge in [-0.1, -0.05) is 26.3 Å². The molecule has 0 aliphatic carbocycles. The van der Waals surface area contributed by atoms with E-state index in [1.165, 1.54) is 4.31 Å². The molecule has 1 amide bonds. The number of sulfonamides is 1. The predicted octanol–water partition coefficient (Wildman–Crippen LogP) is 2.76. The van der Waals surface area contributed by atoms with E-state index in [1.807, 2.05) is 39.8 Å². The molecule has 0 fully saturated rings. The number of anilines is 1. The summed E-state index contributed by atoms with van der Waals surface area (Å²) < 4.78 is 25.9. The molecule has 1 aromatic rings. The number of amides is 1. The summed E-state index contributed by atoms with van der Waals surface area (Å²) in [7, 11) is -3.56. The van der Waals surface area contributed by atoms with Gasteiger partial charge in [0.2, 0.25) is 15.9 Å². The summed E-state index contributed by atoms with van der Waals surface area (Å²) in [5.41, 5.74) is 2.62. The molecular weight excluding hydrogens is 312 g/mol. The van der Waals surface area contributed by atoms with Crippen molar-refractivity contribution < 1.29 is 13.2 Å². The van der Waals surface area contributed by atoms with Crippen LogP contribution in [0.4, 0.5) is 5.69 Å². The maximum atomic E-state index is 12.4. The number of unbranched alkanes of at least 4 members (excludes halogenated alkanes) is 1. The Bertz CT molecular complexity index is 641. The zero-order chi connectivity index (χ0) is 17.6. The Balaban J connectivity index is 3.18. The van der Waals surface area contributed by atoms with Crippen molar-refractivity contribution in [2.24, 2.45) is 0 Å². The van der Waals surface area contributed by atoms with E-state index < -0.39 is 16.1 Å². The molecule has 0 aromatic heterocycles. The normalized spacial score (nSPS) is 12.7. The molecule has 0 bridgehead atoms. The number of hydrogen-bond acceptors (Lipinski definition) is 3. The molecule has 5 nitrogen and oxygen atoms in total. The average molecular weight is 340 g/mol. The fourth-order valence-corrected chi connectivity index (χ4v) is 3.63. The number of nitrogens with one attached hydrogen (secondary N) is 1. The van der Waals surface area contributed by atoms with Crippen LogP contribution in [0.3, 0.4) is 0 Å². The van der Waals surface area contributed by atoms with Crippen molar-refractivity contribution in [1.29, 1.82) is 0 Å². The quantitative estimate of drug-likeness (QED) is 0.740. The molecule has 0 aliphatic rings. The number of nitrogens with zero attached hydrogens (tertiary/aromatic N) is 1. The first-order chi connectivity index (χ1) is 10.7. The monoisotopic (exact) mass is 340 g/mol. The Labute approximate surface area is 140 Å². The van der Waals surface area contributed by atoms with Crippen LogP contribution in [0.25, 0.3) is 0 Å². The van der Waals surface area contributed by atoms with Gasteiger partial charge < -0.3 is 5.32 Å². The molecule has 1 atom stereocenters. The summed E-state index contributed by atoms with van der Waals surface area (Å²) >= 11 is 0. The van der Waals surface area contributed by atoms with E-state index in [-0.39, 0.29) is 5.91 Å². The van der Waals surface area contributed by atoms with Gasteiger partial charge >= 0.3 is 0 Å². The Morgan fingerprint density at radius 3 is 2.35 bits per heavy atom. The van der Waals surface area contributed by atoms with E-state index in [1.54, 1.807) is 6.07 Å². The van der Waals surface area contributed by atoms with Gasteiger partial charge in [0.25, 0.3) is 0 Å². The van der Waals surface area contributed by atoms with Crippen molar-refractivity contribution in [3.8, 4) is 0 Å². The van der Waals surface area contributed by atoms with Gasteiger partial charge in [-0.2, -0.15) is 0 Å². The largest absolute Gasteiger partial charge is 0.354 e. The van der Waals surface area contributed by atoms with Crippen molar-refractivity contribution in [2.45, 2.75) is 53.0 Å². The number of hydrogen-bond donors (Lipinski definition) is 1. The summed E-state index contributed by atoms with van der Waals surface area (Å²) in [5.74, 6) is -0.246. The number of benzene rings is 1. The Morgan fingerprint density at radius 2 is 1.87 bits per heavy atom. The van der Waals surface area contributed by atoms with Crippen LogP contribution in [-0.4, -0.2) is 33.2 Å². The SMILES string of the molecule is CCCCNC(=O)[C@@H](CC)N(c1ccc(C)c(C)c1)S(C)(=O)=O. The van der Waals surface area contributed by atoms with Gasteiger partial charge in [0.05, 0.1) is 11.9 Å². The van der Waals surface area contributed by atoms with Crippen molar-refractivity contribution >= 4 is 21.6 Å². The predicted molar refractivity (Wildman–Crippen MR) is 95.2 cm³/mol. The molecule has 0 saturated heterocycles. The van der Waals surface area contributed by atoms with Crippen molar-refractivity contribution in [1.82, 2.24) is 5.32 Å². The van der Waals surface area contributed by atoms with Crippen LogP contribution in [-0.2, 0) is 14.8 Å². The van der Waals surface area contributed by atoms with Crippen molar-refractivity contribution in [3.05, 3.63) is 29.3 Å². The van der Waals surface area contributed by atoms with Crippen LogP contribution in [0.2, 0.25) is 0 Å². The Morgan fingerprint density at radius 1 is 1.22 bits per heavy atom. The van der Waals surface area contributed by atoms with E-state index in [0.29, 0.717) is 18.7 Å².